The number of fused-ring (bicyclic) bond motifs is 3. The minimum Gasteiger partial charge on any atom is -0.278 e. The van der Waals surface area contributed by atoms with Crippen LogP contribution in [0.4, 0.5) is 0 Å². The van der Waals surface area contributed by atoms with Crippen molar-refractivity contribution in [2.24, 2.45) is 0 Å². The fraction of sp³-hybridized carbons (Fsp3) is 0. The topological polar surface area (TPSA) is 43.6 Å². The number of aromatic nitrogens is 4. The molecule has 0 unspecified atom stereocenters. The van der Waals surface area contributed by atoms with Gasteiger partial charge in [0.05, 0.1) is 11.0 Å². The first-order chi connectivity index (χ1) is 43.1. The van der Waals surface area contributed by atoms with E-state index in [2.05, 4.69) is 356 Å². The quantitative estimate of drug-likeness (QED) is 0.109. The van der Waals surface area contributed by atoms with Gasteiger partial charge < -0.3 is 0 Å². The molecule has 2 aromatic heterocycles. The van der Waals surface area contributed by atoms with E-state index in [-0.39, 0.29) is 0 Å². The molecule has 0 saturated heterocycles. The van der Waals surface area contributed by atoms with Gasteiger partial charge in [0.1, 0.15) is 0 Å². The van der Waals surface area contributed by atoms with Crippen molar-refractivity contribution in [1.29, 1.82) is 0 Å². The summed E-state index contributed by atoms with van der Waals surface area (Å²) in [6.45, 7) is 0. The number of para-hydroxylation sites is 2. The predicted octanol–water partition coefficient (Wildman–Crippen LogP) is 22.0. The van der Waals surface area contributed by atoms with Crippen molar-refractivity contribution >= 4 is 41.9 Å². The van der Waals surface area contributed by atoms with Crippen molar-refractivity contribution in [2.45, 2.75) is 39.2 Å². The van der Waals surface area contributed by atoms with Crippen molar-refractivity contribution < 1.29 is 0 Å². The van der Waals surface area contributed by atoms with Gasteiger partial charge in [0.2, 0.25) is 5.95 Å². The zero-order chi connectivity index (χ0) is 58.0. The van der Waals surface area contributed by atoms with E-state index in [4.69, 9.17) is 15.0 Å². The molecule has 0 fully saturated rings. The van der Waals surface area contributed by atoms with Gasteiger partial charge in [-0.3, -0.25) is 4.57 Å². The molecule has 0 aliphatic rings. The normalized spacial score (nSPS) is 12.0. The Labute approximate surface area is 511 Å². The molecule has 0 N–H and O–H groups in total. The second kappa shape index (κ2) is 23.1. The van der Waals surface area contributed by atoms with E-state index in [0.29, 0.717) is 17.6 Å². The van der Waals surface area contributed by atoms with Crippen LogP contribution in [0.5, 0.6) is 0 Å². The molecule has 0 bridgehead atoms. The van der Waals surface area contributed by atoms with Crippen LogP contribution in [0.1, 0.15) is 0 Å². The maximum absolute atomic E-state index is 5.67. The number of nitrogens with zero attached hydrogens (tertiary/aromatic N) is 4. The third-order valence-corrected chi connectivity index (χ3v) is 24.2. The summed E-state index contributed by atoms with van der Waals surface area (Å²) in [6.07, 6.45) is 0. The summed E-state index contributed by atoms with van der Waals surface area (Å²) in [5.74, 6) is 1.68. The summed E-state index contributed by atoms with van der Waals surface area (Å²) in [5, 5.41) is 2.26. The molecule has 0 spiro atoms. The summed E-state index contributed by atoms with van der Waals surface area (Å²) < 4.78 is 2.22. The third-order valence-electron chi connectivity index (χ3n) is 16.5. The van der Waals surface area contributed by atoms with Crippen LogP contribution in [0.3, 0.4) is 0 Å². The highest BCUT2D eigenvalue weighted by Gasteiger charge is 2.36. The van der Waals surface area contributed by atoms with E-state index in [1.165, 1.54) is 34.3 Å². The Balaban J connectivity index is 1.01. The van der Waals surface area contributed by atoms with Gasteiger partial charge in [0, 0.05) is 61.1 Å². The molecule has 87 heavy (non-hydrogen) atoms. The highest BCUT2D eigenvalue weighted by Crippen LogP contribution is 2.75. The molecule has 0 aliphatic carbocycles. The smallest absolute Gasteiger partial charge is 0.238 e. The lowest BCUT2D eigenvalue weighted by Crippen LogP contribution is -2.08. The van der Waals surface area contributed by atoms with Crippen LogP contribution < -0.4 is 0 Å². The minimum absolute atomic E-state index is 0.538. The maximum Gasteiger partial charge on any atom is 0.238 e. The Morgan fingerprint density at radius 3 is 0.770 bits per heavy atom. The highest BCUT2D eigenvalue weighted by atomic mass is 32.3. The van der Waals surface area contributed by atoms with Crippen molar-refractivity contribution in [1.82, 2.24) is 19.5 Å². The highest BCUT2D eigenvalue weighted by molar-refractivity contribution is 8.34. The molecule has 0 amide bonds. The second-order valence-electron chi connectivity index (χ2n) is 21.6. The lowest BCUT2D eigenvalue weighted by atomic mass is 10.1. The Kier molecular flexibility index (Phi) is 14.1. The molecule has 0 saturated carbocycles. The van der Waals surface area contributed by atoms with Gasteiger partial charge in [0.15, 0.2) is 11.6 Å². The van der Waals surface area contributed by atoms with E-state index in [0.717, 1.165) is 71.2 Å². The van der Waals surface area contributed by atoms with Crippen molar-refractivity contribution in [3.8, 4) is 62.1 Å². The molecule has 414 valence electrons. The molecule has 6 heteroatoms. The average Bonchev–Trinajstić information content (AvgIpc) is 1.46. The van der Waals surface area contributed by atoms with Crippen LogP contribution in [-0.4, -0.2) is 19.5 Å². The first-order valence-electron chi connectivity index (χ1n) is 29.4. The average molecular weight is 1150 g/mol. The number of benzene rings is 13. The Morgan fingerprint density at radius 2 is 0.437 bits per heavy atom. The molecular formula is C81H58N4S2. The summed E-state index contributed by atoms with van der Waals surface area (Å²) in [7, 11) is -4.43. The molecular weight excluding hydrogens is 1090 g/mol. The molecule has 4 nitrogen and oxygen atoms in total. The van der Waals surface area contributed by atoms with Crippen LogP contribution in [0, 0.1) is 0 Å². The van der Waals surface area contributed by atoms with Crippen molar-refractivity contribution in [2.75, 3.05) is 0 Å². The van der Waals surface area contributed by atoms with E-state index in [1.54, 1.807) is 0 Å². The van der Waals surface area contributed by atoms with Gasteiger partial charge in [-0.2, -0.15) is 9.97 Å². The summed E-state index contributed by atoms with van der Waals surface area (Å²) in [5.41, 5.74) is 10.7. The molecule has 0 radical (unpaired) electrons. The van der Waals surface area contributed by atoms with Gasteiger partial charge in [-0.15, -0.1) is 20.1 Å². The first-order valence-corrected chi connectivity index (χ1v) is 32.6. The first kappa shape index (κ1) is 53.1. The summed E-state index contributed by atoms with van der Waals surface area (Å²) in [6, 6.07) is 128. The molecule has 15 rings (SSSR count). The predicted molar refractivity (Wildman–Crippen MR) is 361 cm³/mol. The van der Waals surface area contributed by atoms with E-state index < -0.39 is 20.1 Å². The zero-order valence-electron chi connectivity index (χ0n) is 47.6. The summed E-state index contributed by atoms with van der Waals surface area (Å²) in [4.78, 5) is 26.6. The molecule has 0 aliphatic heterocycles. The van der Waals surface area contributed by atoms with Crippen molar-refractivity contribution in [3.05, 3.63) is 352 Å². The van der Waals surface area contributed by atoms with Crippen LogP contribution in [-0.2, 0) is 0 Å². The van der Waals surface area contributed by atoms with Crippen LogP contribution in [0.15, 0.2) is 391 Å². The maximum atomic E-state index is 5.67. The minimum atomic E-state index is -2.38. The largest absolute Gasteiger partial charge is 0.278 e. The summed E-state index contributed by atoms with van der Waals surface area (Å²) >= 11 is 0. The monoisotopic (exact) mass is 1150 g/mol. The second-order valence-corrected chi connectivity index (χ2v) is 27.8. The van der Waals surface area contributed by atoms with Gasteiger partial charge in [-0.25, -0.2) is 4.98 Å². The van der Waals surface area contributed by atoms with E-state index in [9.17, 15) is 0 Å². The van der Waals surface area contributed by atoms with E-state index in [1.807, 2.05) is 0 Å². The van der Waals surface area contributed by atoms with Crippen LogP contribution >= 0.6 is 20.1 Å². The van der Waals surface area contributed by atoms with E-state index >= 15 is 0 Å². The standard InChI is InChI=1S/C81H58N4S2/c1-7-28-59(29-8-1)62-34-23-45-70(54-62)87(71-46-24-35-63(55-71)60-30-9-2-10-31-60,72-47-25-36-64(56-72)61-32-11-3-12-33-61)74-49-27-38-66(58-74)80-82-79(83-81(84-80)85-77-52-21-19-50-75(77)76-51-20-22-53-78(76)85)65-37-26-48-73(57-65)86(67-39-13-4-14-40-67,68-41-15-5-16-42-68)69-43-17-6-18-44-69/h1-58H. The fourth-order valence-electron chi connectivity index (χ4n) is 12.5. The molecule has 15 aromatic rings. The molecule has 13 aromatic carbocycles. The fourth-order valence-corrected chi connectivity index (χ4v) is 20.4. The molecule has 2 heterocycles. The van der Waals surface area contributed by atoms with Crippen LogP contribution in [0.2, 0.25) is 0 Å². The lowest BCUT2D eigenvalue weighted by molar-refractivity contribution is 0.952. The van der Waals surface area contributed by atoms with Crippen LogP contribution in [0.25, 0.3) is 83.9 Å². The Hall–Kier alpha value is -10.6. The Bertz CT molecular complexity index is 4570. The lowest BCUT2D eigenvalue weighted by Gasteiger charge is -2.43. The van der Waals surface area contributed by atoms with Gasteiger partial charge in [-0.05, 0) is 143 Å². The number of hydrogen-bond donors (Lipinski definition) is 0. The zero-order valence-corrected chi connectivity index (χ0v) is 49.2. The number of rotatable bonds is 14. The Morgan fingerprint density at radius 1 is 0.195 bits per heavy atom. The molecule has 0 atom stereocenters. The van der Waals surface area contributed by atoms with Gasteiger partial charge in [-0.1, -0.05) is 243 Å². The third kappa shape index (κ3) is 9.62. The number of hydrogen-bond acceptors (Lipinski definition) is 3. The van der Waals surface area contributed by atoms with Crippen molar-refractivity contribution in [3.63, 3.8) is 0 Å². The SMILES string of the molecule is c1ccc(-c2cccc(S(c3cccc(-c4ccccc4)c3)(c3cccc(-c4ccccc4)c3)c3cccc(-c4nc(-c5cccc(S(c6ccccc6)(c6ccccc6)c6ccccc6)c5)nc(-n5c6ccccc6c6ccccc65)n4)c3)c2)cc1. The van der Waals surface area contributed by atoms with Gasteiger partial charge >= 0.3 is 0 Å². The van der Waals surface area contributed by atoms with Gasteiger partial charge in [0.25, 0.3) is 0 Å².